The quantitative estimate of drug-likeness (QED) is 0.912. The molecule has 0 saturated carbocycles. The van der Waals surface area contributed by atoms with Gasteiger partial charge in [-0.15, -0.1) is 0 Å². The number of hydrogen-bond acceptors (Lipinski definition) is 1. The van der Waals surface area contributed by atoms with Crippen LogP contribution >= 0.6 is 15.9 Å². The average molecular weight is 297 g/mol. The van der Waals surface area contributed by atoms with Crippen molar-refractivity contribution in [3.8, 4) is 0 Å². The number of hydrogen-bond donors (Lipinski definition) is 1. The number of nitrogens with one attached hydrogen (secondary N) is 1. The Morgan fingerprint density at radius 3 is 2.50 bits per heavy atom. The molecule has 0 heterocycles. The number of benzene rings is 1. The van der Waals surface area contributed by atoms with Crippen molar-refractivity contribution < 1.29 is 18.3 Å². The van der Waals surface area contributed by atoms with Gasteiger partial charge in [0.15, 0.2) is 0 Å². The first-order valence-corrected chi connectivity index (χ1v) is 5.21. The van der Waals surface area contributed by atoms with Crippen LogP contribution in [0.2, 0.25) is 0 Å². The van der Waals surface area contributed by atoms with Crippen LogP contribution in [0.4, 0.5) is 13.2 Å². The van der Waals surface area contributed by atoms with Crippen LogP contribution < -0.4 is 0 Å². The zero-order valence-electron chi connectivity index (χ0n) is 8.40. The third-order valence-electron chi connectivity index (χ3n) is 2.40. The van der Waals surface area contributed by atoms with Gasteiger partial charge in [-0.1, -0.05) is 22.9 Å². The zero-order chi connectivity index (χ0) is 12.6. The summed E-state index contributed by atoms with van der Waals surface area (Å²) in [5, 5.41) is 8.55. The molecule has 90 valence electrons. The van der Waals surface area contributed by atoms with Crippen molar-refractivity contribution in [3.05, 3.63) is 39.8 Å². The van der Waals surface area contributed by atoms with E-state index in [-0.39, 0.29) is 0 Å². The molecule has 0 unspecified atom stereocenters. The smallest absolute Gasteiger partial charge is 0.261 e. The molecule has 0 aliphatic heterocycles. The predicted octanol–water partition coefficient (Wildman–Crippen LogP) is 3.48. The molecule has 1 rings (SSSR count). The summed E-state index contributed by atoms with van der Waals surface area (Å²) < 4.78 is 40.4. The summed E-state index contributed by atoms with van der Waals surface area (Å²) in [6, 6.07) is 3.47. The first kappa shape index (κ1) is 13.5. The van der Waals surface area contributed by atoms with Gasteiger partial charge in [0.05, 0.1) is 0 Å². The van der Waals surface area contributed by atoms with Crippen LogP contribution in [-0.4, -0.2) is 17.6 Å². The number of aliphatic hydroxyl groups excluding tert-OH is 1. The Bertz CT molecular complexity index is 396. The normalized spacial score (nSPS) is 15.9. The molecule has 0 fully saturated rings. The Balaban J connectivity index is 3.31. The maximum atomic E-state index is 13.4. The molecule has 16 heavy (non-hydrogen) atoms. The molecule has 0 amide bonds. The van der Waals surface area contributed by atoms with E-state index in [2.05, 4.69) is 15.9 Å². The molecule has 6 heteroatoms. The van der Waals surface area contributed by atoms with Crippen molar-refractivity contribution >= 4 is 15.9 Å². The summed E-state index contributed by atoms with van der Waals surface area (Å²) in [6.45, 7) is -0.632. The lowest BCUT2D eigenvalue weighted by atomic mass is 9.86. The van der Waals surface area contributed by atoms with E-state index in [0.717, 1.165) is 19.1 Å². The second-order valence-corrected chi connectivity index (χ2v) is 4.53. The summed E-state index contributed by atoms with van der Waals surface area (Å²) in [4.78, 5) is 0. The van der Waals surface area contributed by atoms with Crippen molar-refractivity contribution in [1.29, 1.82) is 0 Å². The fraction of sp³-hybridized carbons (Fsp3) is 0.400. The van der Waals surface area contributed by atoms with Gasteiger partial charge in [0.1, 0.15) is 12.4 Å². The Morgan fingerprint density at radius 1 is 1.44 bits per heavy atom. The maximum Gasteiger partial charge on any atom is 0.261 e. The molecule has 0 saturated heterocycles. The van der Waals surface area contributed by atoms with Gasteiger partial charge in [-0.2, -0.15) is 0 Å². The fourth-order valence-corrected chi connectivity index (χ4v) is 1.60. The Hall–Kier alpha value is -0.590. The Kier molecular flexibility index (Phi) is 3.66. The molecule has 0 aliphatic rings. The highest BCUT2D eigenvalue weighted by atomic mass is 79.9. The lowest BCUT2D eigenvalue weighted by molar-refractivity contribution is -0.0944. The number of alkyl halides is 2. The summed E-state index contributed by atoms with van der Waals surface area (Å²) in [5.74, 6) is -4.61. The van der Waals surface area contributed by atoms with Gasteiger partial charge >= 0.3 is 0 Å². The lowest BCUT2D eigenvalue weighted by Crippen LogP contribution is -2.43. The second kappa shape index (κ2) is 4.35. The monoisotopic (exact) mass is 296 g/mol. The fourth-order valence-electron chi connectivity index (χ4n) is 1.24. The van der Waals surface area contributed by atoms with Gasteiger partial charge in [-0.05, 0) is 29.3 Å². The SMILES string of the molecule is C[C@@]([NH-])(c1cc(Br)ccc1F)C(F)(F)CO. The standard InChI is InChI=1S/C10H10BrF3NO/c1-9(15,10(13,14)5-16)7-4-6(11)2-3-8(7)12/h2-4,15-16H,5H2,1H3/q-1/t9-/m1/s1. The third-order valence-corrected chi connectivity index (χ3v) is 2.89. The maximum absolute atomic E-state index is 13.4. The van der Waals surface area contributed by atoms with Crippen molar-refractivity contribution in [3.63, 3.8) is 0 Å². The lowest BCUT2D eigenvalue weighted by Gasteiger charge is -2.41. The first-order valence-electron chi connectivity index (χ1n) is 4.41. The molecular weight excluding hydrogens is 287 g/mol. The average Bonchev–Trinajstić information content (AvgIpc) is 2.21. The van der Waals surface area contributed by atoms with E-state index >= 15 is 0 Å². The van der Waals surface area contributed by atoms with E-state index in [1.165, 1.54) is 6.07 Å². The number of halogens is 4. The van der Waals surface area contributed by atoms with E-state index in [9.17, 15) is 13.2 Å². The van der Waals surface area contributed by atoms with Gasteiger partial charge < -0.3 is 10.8 Å². The molecule has 0 spiro atoms. The highest BCUT2D eigenvalue weighted by molar-refractivity contribution is 9.10. The number of rotatable bonds is 3. The van der Waals surface area contributed by atoms with Crippen molar-refractivity contribution in [2.24, 2.45) is 0 Å². The van der Waals surface area contributed by atoms with Crippen LogP contribution in [0.1, 0.15) is 12.5 Å². The van der Waals surface area contributed by atoms with E-state index in [1.807, 2.05) is 0 Å². The molecule has 0 bridgehead atoms. The predicted molar refractivity (Wildman–Crippen MR) is 57.8 cm³/mol. The minimum atomic E-state index is -3.71. The number of aliphatic hydroxyl groups is 1. The molecule has 0 aromatic heterocycles. The Labute approximate surface area is 99.4 Å². The van der Waals surface area contributed by atoms with E-state index in [0.29, 0.717) is 4.47 Å². The van der Waals surface area contributed by atoms with Crippen LogP contribution in [0.3, 0.4) is 0 Å². The molecule has 1 aromatic rings. The van der Waals surface area contributed by atoms with Crippen LogP contribution in [-0.2, 0) is 5.54 Å². The van der Waals surface area contributed by atoms with Crippen molar-refractivity contribution in [2.45, 2.75) is 18.4 Å². The summed E-state index contributed by atoms with van der Waals surface area (Å²) in [6.07, 6.45) is 0. The van der Waals surface area contributed by atoms with Gasteiger partial charge in [0.2, 0.25) is 0 Å². The minimum absolute atomic E-state index is 0.399. The van der Waals surface area contributed by atoms with Crippen LogP contribution in [0, 0.1) is 5.82 Å². The molecule has 2 nitrogen and oxygen atoms in total. The van der Waals surface area contributed by atoms with E-state index < -0.39 is 29.4 Å². The van der Waals surface area contributed by atoms with E-state index in [4.69, 9.17) is 10.8 Å². The van der Waals surface area contributed by atoms with Crippen LogP contribution in [0.15, 0.2) is 22.7 Å². The largest absolute Gasteiger partial charge is 0.663 e. The highest BCUT2D eigenvalue weighted by Gasteiger charge is 2.43. The van der Waals surface area contributed by atoms with Gasteiger partial charge in [-0.3, -0.25) is 0 Å². The summed E-state index contributed by atoms with van der Waals surface area (Å²) in [5.41, 5.74) is 4.56. The van der Waals surface area contributed by atoms with Gasteiger partial charge in [-0.25, -0.2) is 13.2 Å². The molecule has 1 aromatic carbocycles. The highest BCUT2D eigenvalue weighted by Crippen LogP contribution is 2.41. The van der Waals surface area contributed by atoms with Gasteiger partial charge in [0.25, 0.3) is 5.92 Å². The summed E-state index contributed by atoms with van der Waals surface area (Å²) >= 11 is 3.02. The minimum Gasteiger partial charge on any atom is -0.663 e. The molecule has 0 radical (unpaired) electrons. The molecule has 1 atom stereocenters. The molecule has 0 aliphatic carbocycles. The summed E-state index contributed by atoms with van der Waals surface area (Å²) in [7, 11) is 0. The van der Waals surface area contributed by atoms with Crippen molar-refractivity contribution in [1.82, 2.24) is 0 Å². The topological polar surface area (TPSA) is 44.0 Å². The second-order valence-electron chi connectivity index (χ2n) is 3.61. The Morgan fingerprint density at radius 2 is 2.00 bits per heavy atom. The zero-order valence-corrected chi connectivity index (χ0v) is 9.98. The third kappa shape index (κ3) is 2.23. The van der Waals surface area contributed by atoms with Crippen LogP contribution in [0.5, 0.6) is 0 Å². The molecule has 2 N–H and O–H groups in total. The first-order chi connectivity index (χ1) is 7.22. The van der Waals surface area contributed by atoms with Crippen LogP contribution in [0.25, 0.3) is 5.73 Å². The van der Waals surface area contributed by atoms with E-state index in [1.54, 1.807) is 0 Å². The van der Waals surface area contributed by atoms with Gasteiger partial charge in [0, 0.05) is 4.47 Å². The van der Waals surface area contributed by atoms with Crippen molar-refractivity contribution in [2.75, 3.05) is 6.61 Å². The molecular formula is C10H10BrF3NO-.